The van der Waals surface area contributed by atoms with E-state index in [1.807, 2.05) is 12.1 Å². The van der Waals surface area contributed by atoms with E-state index < -0.39 is 0 Å². The number of hydrogen-bond acceptors (Lipinski definition) is 2. The van der Waals surface area contributed by atoms with Crippen molar-refractivity contribution in [3.63, 3.8) is 0 Å². The number of aryl methyl sites for hydroxylation is 1. The molecule has 1 nitrogen and oxygen atoms in total. The summed E-state index contributed by atoms with van der Waals surface area (Å²) in [6.07, 6.45) is 0.997. The molecule has 1 aromatic carbocycles. The molecule has 0 atom stereocenters. The summed E-state index contributed by atoms with van der Waals surface area (Å²) < 4.78 is 6.41. The fourth-order valence-electron chi connectivity index (χ4n) is 1.54. The molecule has 0 saturated carbocycles. The summed E-state index contributed by atoms with van der Waals surface area (Å²) in [6.45, 7) is 2.13. The number of rotatable bonds is 2. The van der Waals surface area contributed by atoms with Gasteiger partial charge in [-0.2, -0.15) is 0 Å². The van der Waals surface area contributed by atoms with E-state index in [0.29, 0.717) is 0 Å². The van der Waals surface area contributed by atoms with Crippen LogP contribution in [0.1, 0.15) is 12.5 Å². The molecule has 0 aliphatic carbocycles. The highest BCUT2D eigenvalue weighted by atomic mass is 35.5. The van der Waals surface area contributed by atoms with E-state index in [0.717, 1.165) is 16.5 Å². The summed E-state index contributed by atoms with van der Waals surface area (Å²) in [4.78, 5) is 0. The molecule has 74 valence electrons. The molecule has 0 unspecified atom stereocenters. The van der Waals surface area contributed by atoms with Gasteiger partial charge in [-0.25, -0.2) is 0 Å². The van der Waals surface area contributed by atoms with Crippen molar-refractivity contribution in [2.45, 2.75) is 13.3 Å². The van der Waals surface area contributed by atoms with Gasteiger partial charge >= 0.3 is 0 Å². The van der Waals surface area contributed by atoms with Crippen LogP contribution in [-0.4, -0.2) is 7.11 Å². The molecule has 0 N–H and O–H groups in total. The zero-order valence-electron chi connectivity index (χ0n) is 8.13. The molecular formula is C11H11ClOS. The molecule has 0 aliphatic heterocycles. The van der Waals surface area contributed by atoms with Crippen LogP contribution in [0.3, 0.4) is 0 Å². The molecular weight excluding hydrogens is 216 g/mol. The molecule has 1 heterocycles. The summed E-state index contributed by atoms with van der Waals surface area (Å²) in [7, 11) is 1.69. The van der Waals surface area contributed by atoms with Gasteiger partial charge in [-0.05, 0) is 35.6 Å². The minimum Gasteiger partial charge on any atom is -0.487 e. The second kappa shape index (κ2) is 3.79. The lowest BCUT2D eigenvalue weighted by atomic mass is 10.1. The quantitative estimate of drug-likeness (QED) is 0.749. The molecule has 0 spiro atoms. The Morgan fingerprint density at radius 1 is 1.36 bits per heavy atom. The van der Waals surface area contributed by atoms with Gasteiger partial charge in [0.2, 0.25) is 0 Å². The first-order valence-corrected chi connectivity index (χ1v) is 5.70. The average Bonchev–Trinajstić information content (AvgIpc) is 2.59. The van der Waals surface area contributed by atoms with Crippen molar-refractivity contribution in [1.82, 2.24) is 0 Å². The normalized spacial score (nSPS) is 10.8. The lowest BCUT2D eigenvalue weighted by Crippen LogP contribution is -1.80. The number of methoxy groups -OCH3 is 1. The summed E-state index contributed by atoms with van der Waals surface area (Å²) in [5.74, 6) is 0. The number of halogens is 1. The summed E-state index contributed by atoms with van der Waals surface area (Å²) in [5, 5.41) is 3.01. The van der Waals surface area contributed by atoms with Gasteiger partial charge in [0.25, 0.3) is 0 Å². The number of ether oxygens (including phenoxy) is 1. The average molecular weight is 227 g/mol. The van der Waals surface area contributed by atoms with Crippen molar-refractivity contribution in [2.75, 3.05) is 7.11 Å². The zero-order chi connectivity index (χ0) is 10.1. The van der Waals surface area contributed by atoms with Crippen LogP contribution >= 0.6 is 22.9 Å². The van der Waals surface area contributed by atoms with Crippen LogP contribution in [0, 0.1) is 0 Å². The summed E-state index contributed by atoms with van der Waals surface area (Å²) in [5.41, 5.74) is 1.28. The van der Waals surface area contributed by atoms with Crippen LogP contribution < -0.4 is 4.74 Å². The van der Waals surface area contributed by atoms with Gasteiger partial charge in [-0.15, -0.1) is 0 Å². The van der Waals surface area contributed by atoms with E-state index in [4.69, 9.17) is 16.3 Å². The molecule has 0 amide bonds. The lowest BCUT2D eigenvalue weighted by Gasteiger charge is -1.99. The number of thiophene rings is 1. The largest absolute Gasteiger partial charge is 0.487 e. The monoisotopic (exact) mass is 226 g/mol. The van der Waals surface area contributed by atoms with Gasteiger partial charge in [0.15, 0.2) is 5.06 Å². The van der Waals surface area contributed by atoms with Gasteiger partial charge in [0.1, 0.15) is 0 Å². The van der Waals surface area contributed by atoms with Crippen LogP contribution in [-0.2, 0) is 6.42 Å². The fraction of sp³-hybridized carbons (Fsp3) is 0.273. The minimum absolute atomic E-state index is 0.804. The van der Waals surface area contributed by atoms with Crippen molar-refractivity contribution in [1.29, 1.82) is 0 Å². The Kier molecular flexibility index (Phi) is 2.66. The van der Waals surface area contributed by atoms with E-state index >= 15 is 0 Å². The van der Waals surface area contributed by atoms with Crippen molar-refractivity contribution < 1.29 is 4.74 Å². The number of fused-ring (bicyclic) bond motifs is 1. The lowest BCUT2D eigenvalue weighted by molar-refractivity contribution is 0.427. The molecule has 0 radical (unpaired) electrons. The molecule has 0 saturated heterocycles. The smallest absolute Gasteiger partial charge is 0.174 e. The summed E-state index contributed by atoms with van der Waals surface area (Å²) in [6, 6.07) is 6.09. The Morgan fingerprint density at radius 3 is 2.79 bits per heavy atom. The van der Waals surface area contributed by atoms with E-state index in [1.54, 1.807) is 18.4 Å². The van der Waals surface area contributed by atoms with Gasteiger partial charge in [0.05, 0.1) is 7.11 Å². The predicted octanol–water partition coefficient (Wildman–Crippen LogP) is 4.13. The van der Waals surface area contributed by atoms with Crippen molar-refractivity contribution >= 4 is 33.0 Å². The molecule has 2 rings (SSSR count). The maximum atomic E-state index is 6.02. The van der Waals surface area contributed by atoms with Crippen molar-refractivity contribution in [3.05, 3.63) is 28.8 Å². The predicted molar refractivity (Wildman–Crippen MR) is 62.8 cm³/mol. The molecule has 1 aromatic heterocycles. The Labute approximate surface area is 92.3 Å². The third-order valence-electron chi connectivity index (χ3n) is 2.25. The first-order valence-electron chi connectivity index (χ1n) is 4.50. The van der Waals surface area contributed by atoms with E-state index in [1.165, 1.54) is 15.6 Å². The first kappa shape index (κ1) is 9.81. The Bertz CT molecular complexity index is 462. The van der Waals surface area contributed by atoms with Crippen molar-refractivity contribution in [3.8, 4) is 5.06 Å². The molecule has 3 heteroatoms. The minimum atomic E-state index is 0.804. The van der Waals surface area contributed by atoms with Crippen LogP contribution in [0.25, 0.3) is 10.1 Å². The second-order valence-corrected chi connectivity index (χ2v) is 4.58. The number of hydrogen-bond donors (Lipinski definition) is 0. The van der Waals surface area contributed by atoms with Crippen LogP contribution in [0.15, 0.2) is 18.2 Å². The van der Waals surface area contributed by atoms with Gasteiger partial charge in [0, 0.05) is 9.72 Å². The molecule has 14 heavy (non-hydrogen) atoms. The van der Waals surface area contributed by atoms with E-state index in [2.05, 4.69) is 13.0 Å². The van der Waals surface area contributed by atoms with Crippen LogP contribution in [0.4, 0.5) is 0 Å². The second-order valence-electron chi connectivity index (χ2n) is 3.10. The maximum absolute atomic E-state index is 6.02. The highest BCUT2D eigenvalue weighted by Gasteiger charge is 2.06. The van der Waals surface area contributed by atoms with E-state index in [9.17, 15) is 0 Å². The Hall–Kier alpha value is -0.730. The van der Waals surface area contributed by atoms with Gasteiger partial charge in [-0.1, -0.05) is 29.9 Å². The van der Waals surface area contributed by atoms with Gasteiger partial charge < -0.3 is 4.74 Å². The SMILES string of the molecule is CCc1cc(Cl)cc2sc(OC)cc12. The molecule has 2 aromatic rings. The molecule has 0 bridgehead atoms. The Morgan fingerprint density at radius 2 is 2.14 bits per heavy atom. The topological polar surface area (TPSA) is 9.23 Å². The van der Waals surface area contributed by atoms with Crippen LogP contribution in [0.5, 0.6) is 5.06 Å². The molecule has 0 fully saturated rings. The maximum Gasteiger partial charge on any atom is 0.174 e. The summed E-state index contributed by atoms with van der Waals surface area (Å²) >= 11 is 7.66. The highest BCUT2D eigenvalue weighted by Crippen LogP contribution is 2.35. The third-order valence-corrected chi connectivity index (χ3v) is 3.51. The highest BCUT2D eigenvalue weighted by molar-refractivity contribution is 7.20. The zero-order valence-corrected chi connectivity index (χ0v) is 9.71. The third kappa shape index (κ3) is 1.60. The molecule has 0 aliphatic rings. The Balaban J connectivity index is 2.71. The van der Waals surface area contributed by atoms with E-state index in [-0.39, 0.29) is 0 Å². The van der Waals surface area contributed by atoms with Gasteiger partial charge in [-0.3, -0.25) is 0 Å². The van der Waals surface area contributed by atoms with Crippen LogP contribution in [0.2, 0.25) is 5.02 Å². The first-order chi connectivity index (χ1) is 6.74. The van der Waals surface area contributed by atoms with Crippen molar-refractivity contribution in [2.24, 2.45) is 0 Å². The fourth-order valence-corrected chi connectivity index (χ4v) is 2.81. The number of benzene rings is 1. The standard InChI is InChI=1S/C11H11ClOS/c1-3-7-4-8(12)5-10-9(7)6-11(13-2)14-10/h4-6H,3H2,1-2H3.